The van der Waals surface area contributed by atoms with E-state index < -0.39 is 0 Å². The number of amides is 2. The second-order valence-corrected chi connectivity index (χ2v) is 5.85. The van der Waals surface area contributed by atoms with Crippen molar-refractivity contribution in [2.75, 3.05) is 16.3 Å². The maximum atomic E-state index is 12.8. The molecule has 0 spiro atoms. The van der Waals surface area contributed by atoms with Crippen molar-refractivity contribution in [1.29, 1.82) is 0 Å². The summed E-state index contributed by atoms with van der Waals surface area (Å²) in [5.41, 5.74) is 2.07. The first-order valence-corrected chi connectivity index (χ1v) is 7.58. The van der Waals surface area contributed by atoms with Crippen LogP contribution in [0.2, 0.25) is 0 Å². The molecule has 0 saturated heterocycles. The number of nitrogens with zero attached hydrogens (tertiary/aromatic N) is 3. The number of carbonyl (C=O) groups excluding carboxylic acids is 2. The van der Waals surface area contributed by atoms with Crippen molar-refractivity contribution in [3.63, 3.8) is 0 Å². The fourth-order valence-corrected chi connectivity index (χ4v) is 2.99. The van der Waals surface area contributed by atoms with E-state index in [-0.39, 0.29) is 24.4 Å². The number of para-hydroxylation sites is 1. The largest absolute Gasteiger partial charge is 0.360 e. The van der Waals surface area contributed by atoms with Gasteiger partial charge in [-0.25, -0.2) is 0 Å². The summed E-state index contributed by atoms with van der Waals surface area (Å²) in [7, 11) is 0. The third-order valence-electron chi connectivity index (χ3n) is 4.04. The maximum absolute atomic E-state index is 12.8. The molecule has 120 valence electrons. The normalized spacial score (nSPS) is 16.3. The lowest BCUT2D eigenvalue weighted by Gasteiger charge is -2.26. The molecule has 1 atom stereocenters. The second kappa shape index (κ2) is 5.87. The van der Waals surface area contributed by atoms with E-state index in [0.717, 1.165) is 17.7 Å². The van der Waals surface area contributed by atoms with Gasteiger partial charge in [-0.1, -0.05) is 23.4 Å². The topological polar surface area (TPSA) is 66.7 Å². The van der Waals surface area contributed by atoms with Crippen LogP contribution in [-0.2, 0) is 16.0 Å². The molecule has 6 nitrogen and oxygen atoms in total. The Kier molecular flexibility index (Phi) is 3.90. The summed E-state index contributed by atoms with van der Waals surface area (Å²) in [6, 6.07) is 9.58. The Morgan fingerprint density at radius 1 is 1.39 bits per heavy atom. The van der Waals surface area contributed by atoms with Crippen LogP contribution < -0.4 is 9.80 Å². The number of hydrogen-bond acceptors (Lipinski definition) is 4. The van der Waals surface area contributed by atoms with Crippen LogP contribution in [-0.4, -0.2) is 29.6 Å². The van der Waals surface area contributed by atoms with Gasteiger partial charge in [0.1, 0.15) is 12.3 Å². The molecule has 1 aromatic carbocycles. The van der Waals surface area contributed by atoms with Crippen LogP contribution in [0.1, 0.15) is 25.2 Å². The standard InChI is InChI=1S/C17H19N3O3/c1-11-8-14-6-4-5-7-15(14)20(11)17(22)10-19(13(3)21)16-9-12(2)23-18-16/h4-7,9,11H,8,10H2,1-3H3. The molecule has 1 aliphatic rings. The third-order valence-corrected chi connectivity index (χ3v) is 4.04. The molecule has 6 heteroatoms. The van der Waals surface area contributed by atoms with E-state index in [1.165, 1.54) is 11.8 Å². The highest BCUT2D eigenvalue weighted by molar-refractivity contribution is 6.03. The Labute approximate surface area is 134 Å². The Hall–Kier alpha value is -2.63. The lowest BCUT2D eigenvalue weighted by molar-refractivity contribution is -0.121. The fourth-order valence-electron chi connectivity index (χ4n) is 2.99. The quantitative estimate of drug-likeness (QED) is 0.872. The SMILES string of the molecule is CC(=O)N(CC(=O)N1c2ccccc2CC1C)c1cc(C)on1. The zero-order chi connectivity index (χ0) is 16.6. The van der Waals surface area contributed by atoms with Gasteiger partial charge in [-0.3, -0.25) is 14.5 Å². The van der Waals surface area contributed by atoms with Gasteiger partial charge >= 0.3 is 0 Å². The van der Waals surface area contributed by atoms with E-state index in [1.54, 1.807) is 17.9 Å². The van der Waals surface area contributed by atoms with Gasteiger partial charge in [0.25, 0.3) is 0 Å². The number of benzene rings is 1. The molecule has 2 aromatic rings. The van der Waals surface area contributed by atoms with Crippen molar-refractivity contribution < 1.29 is 14.1 Å². The molecule has 0 radical (unpaired) electrons. The van der Waals surface area contributed by atoms with Crippen LogP contribution >= 0.6 is 0 Å². The van der Waals surface area contributed by atoms with Gasteiger partial charge in [0.15, 0.2) is 5.82 Å². The predicted octanol–water partition coefficient (Wildman–Crippen LogP) is 2.31. The highest BCUT2D eigenvalue weighted by atomic mass is 16.5. The van der Waals surface area contributed by atoms with Gasteiger partial charge in [0.2, 0.25) is 11.8 Å². The minimum Gasteiger partial charge on any atom is -0.360 e. The monoisotopic (exact) mass is 313 g/mol. The molecule has 0 fully saturated rings. The molecule has 1 aromatic heterocycles. The maximum Gasteiger partial charge on any atom is 0.247 e. The first-order chi connectivity index (χ1) is 11.0. The molecule has 0 bridgehead atoms. The molecule has 3 rings (SSSR count). The first kappa shape index (κ1) is 15.3. The van der Waals surface area contributed by atoms with E-state index in [4.69, 9.17) is 4.52 Å². The summed E-state index contributed by atoms with van der Waals surface area (Å²) in [5, 5.41) is 3.84. The van der Waals surface area contributed by atoms with Crippen molar-refractivity contribution in [2.45, 2.75) is 33.2 Å². The van der Waals surface area contributed by atoms with Gasteiger partial charge in [-0.2, -0.15) is 0 Å². The summed E-state index contributed by atoms with van der Waals surface area (Å²) >= 11 is 0. The van der Waals surface area contributed by atoms with Crippen LogP contribution in [0.25, 0.3) is 0 Å². The number of anilines is 2. The smallest absolute Gasteiger partial charge is 0.247 e. The molecule has 23 heavy (non-hydrogen) atoms. The van der Waals surface area contributed by atoms with Crippen molar-refractivity contribution >= 4 is 23.3 Å². The lowest BCUT2D eigenvalue weighted by Crippen LogP contribution is -2.44. The number of fused-ring (bicyclic) bond motifs is 1. The van der Waals surface area contributed by atoms with E-state index in [0.29, 0.717) is 11.6 Å². The van der Waals surface area contributed by atoms with E-state index >= 15 is 0 Å². The summed E-state index contributed by atoms with van der Waals surface area (Å²) in [6.07, 6.45) is 0.824. The summed E-state index contributed by atoms with van der Waals surface area (Å²) in [6.45, 7) is 5.12. The van der Waals surface area contributed by atoms with Gasteiger partial charge in [-0.05, 0) is 31.9 Å². The minimum absolute atomic E-state index is 0.0556. The average molecular weight is 313 g/mol. The van der Waals surface area contributed by atoms with Crippen molar-refractivity contribution in [3.8, 4) is 0 Å². The zero-order valence-electron chi connectivity index (χ0n) is 13.4. The van der Waals surface area contributed by atoms with Gasteiger partial charge in [0, 0.05) is 24.7 Å². The molecule has 2 heterocycles. The molecule has 1 aliphatic heterocycles. The van der Waals surface area contributed by atoms with Crippen LogP contribution in [0, 0.1) is 6.92 Å². The number of hydrogen-bond donors (Lipinski definition) is 0. The Bertz CT molecular complexity index is 753. The molecule has 0 saturated carbocycles. The lowest BCUT2D eigenvalue weighted by atomic mass is 10.1. The van der Waals surface area contributed by atoms with Gasteiger partial charge in [0.05, 0.1) is 0 Å². The molecular formula is C17H19N3O3. The fraction of sp³-hybridized carbons (Fsp3) is 0.353. The van der Waals surface area contributed by atoms with Crippen LogP contribution in [0.5, 0.6) is 0 Å². The molecule has 2 amide bonds. The molecule has 0 aliphatic carbocycles. The minimum atomic E-state index is -0.244. The van der Waals surface area contributed by atoms with Crippen molar-refractivity contribution in [1.82, 2.24) is 5.16 Å². The average Bonchev–Trinajstić information content (AvgIpc) is 3.06. The summed E-state index contributed by atoms with van der Waals surface area (Å²) < 4.78 is 5.01. The van der Waals surface area contributed by atoms with E-state index in [2.05, 4.69) is 5.16 Å². The van der Waals surface area contributed by atoms with E-state index in [1.807, 2.05) is 31.2 Å². The highest BCUT2D eigenvalue weighted by Crippen LogP contribution is 2.32. The predicted molar refractivity (Wildman–Crippen MR) is 86.4 cm³/mol. The van der Waals surface area contributed by atoms with Crippen LogP contribution in [0.3, 0.4) is 0 Å². The van der Waals surface area contributed by atoms with Crippen LogP contribution in [0.15, 0.2) is 34.9 Å². The Balaban J connectivity index is 1.84. The number of aromatic nitrogens is 1. The molecule has 1 unspecified atom stereocenters. The van der Waals surface area contributed by atoms with Crippen molar-refractivity contribution in [2.24, 2.45) is 0 Å². The molecule has 0 N–H and O–H groups in total. The van der Waals surface area contributed by atoms with Crippen molar-refractivity contribution in [3.05, 3.63) is 41.7 Å². The third kappa shape index (κ3) is 2.84. The Morgan fingerprint density at radius 3 is 2.78 bits per heavy atom. The zero-order valence-corrected chi connectivity index (χ0v) is 13.4. The summed E-state index contributed by atoms with van der Waals surface area (Å²) in [4.78, 5) is 27.8. The van der Waals surface area contributed by atoms with E-state index in [9.17, 15) is 9.59 Å². The van der Waals surface area contributed by atoms with Crippen LogP contribution in [0.4, 0.5) is 11.5 Å². The number of aryl methyl sites for hydroxylation is 1. The molecular weight excluding hydrogens is 294 g/mol. The Morgan fingerprint density at radius 2 is 2.13 bits per heavy atom. The number of carbonyl (C=O) groups is 2. The van der Waals surface area contributed by atoms with Gasteiger partial charge < -0.3 is 9.42 Å². The first-order valence-electron chi connectivity index (χ1n) is 7.58. The number of rotatable bonds is 3. The summed E-state index contributed by atoms with van der Waals surface area (Å²) in [5.74, 6) is 0.590. The highest BCUT2D eigenvalue weighted by Gasteiger charge is 2.32. The van der Waals surface area contributed by atoms with Gasteiger partial charge in [-0.15, -0.1) is 0 Å². The second-order valence-electron chi connectivity index (χ2n) is 5.85.